The van der Waals surface area contributed by atoms with Crippen LogP contribution in [0.15, 0.2) is 58.8 Å². The molecule has 0 spiro atoms. The lowest BCUT2D eigenvalue weighted by atomic mass is 9.85. The molecule has 3 aromatic rings. The minimum atomic E-state index is -3.57. The van der Waals surface area contributed by atoms with Gasteiger partial charge in [0.25, 0.3) is 10.0 Å². The molecule has 6 nitrogen and oxygen atoms in total. The van der Waals surface area contributed by atoms with Crippen LogP contribution in [0, 0.1) is 5.92 Å². The molecule has 1 aliphatic carbocycles. The van der Waals surface area contributed by atoms with Crippen molar-refractivity contribution in [2.45, 2.75) is 30.6 Å². The van der Waals surface area contributed by atoms with E-state index in [-0.39, 0.29) is 11.8 Å². The molecule has 1 N–H and O–H groups in total. The van der Waals surface area contributed by atoms with Gasteiger partial charge in [-0.25, -0.2) is 13.4 Å². The number of nitrogens with one attached hydrogen (secondary N) is 1. The number of hydrogen-bond donors (Lipinski definition) is 1. The average Bonchev–Trinajstić information content (AvgIpc) is 3.34. The van der Waals surface area contributed by atoms with E-state index in [1.54, 1.807) is 30.3 Å². The molecule has 0 saturated heterocycles. The number of thiazole rings is 1. The van der Waals surface area contributed by atoms with Crippen molar-refractivity contribution >= 4 is 38.1 Å². The van der Waals surface area contributed by atoms with Crippen molar-refractivity contribution in [1.29, 1.82) is 0 Å². The van der Waals surface area contributed by atoms with Crippen molar-refractivity contribution in [3.63, 3.8) is 0 Å². The van der Waals surface area contributed by atoms with E-state index in [4.69, 9.17) is 0 Å². The van der Waals surface area contributed by atoms with Crippen LogP contribution in [0.1, 0.15) is 24.8 Å². The van der Waals surface area contributed by atoms with Gasteiger partial charge in [-0.3, -0.25) is 9.10 Å². The summed E-state index contributed by atoms with van der Waals surface area (Å²) in [6.07, 6.45) is 3.69. The van der Waals surface area contributed by atoms with Crippen LogP contribution in [0.4, 0.5) is 10.8 Å². The highest BCUT2D eigenvalue weighted by Crippen LogP contribution is 2.36. The van der Waals surface area contributed by atoms with Crippen molar-refractivity contribution in [3.8, 4) is 11.3 Å². The standard InChI is InChI=1S/C22H21N3O3S2/c26-21(15-5-4-6-15)24-22-23-19(14-29-22)16-9-10-20-17(13-16)11-12-25(20)30(27,28)18-7-2-1-3-8-18/h1-3,7-10,13-15H,4-6,11-12H2,(H,23,24,26). The lowest BCUT2D eigenvalue weighted by Crippen LogP contribution is -2.29. The van der Waals surface area contributed by atoms with Gasteiger partial charge < -0.3 is 5.32 Å². The lowest BCUT2D eigenvalue weighted by molar-refractivity contribution is -0.122. The van der Waals surface area contributed by atoms with E-state index < -0.39 is 10.0 Å². The van der Waals surface area contributed by atoms with E-state index in [9.17, 15) is 13.2 Å². The topological polar surface area (TPSA) is 79.4 Å². The summed E-state index contributed by atoms with van der Waals surface area (Å²) in [4.78, 5) is 17.0. The molecular formula is C22H21N3O3S2. The third-order valence-electron chi connectivity index (χ3n) is 5.77. The van der Waals surface area contributed by atoms with Crippen LogP contribution < -0.4 is 9.62 Å². The number of carbonyl (C=O) groups excluding carboxylic acids is 1. The molecule has 30 heavy (non-hydrogen) atoms. The molecule has 1 fully saturated rings. The van der Waals surface area contributed by atoms with Crippen LogP contribution in [0.2, 0.25) is 0 Å². The monoisotopic (exact) mass is 439 g/mol. The summed E-state index contributed by atoms with van der Waals surface area (Å²) < 4.78 is 27.5. The van der Waals surface area contributed by atoms with Crippen LogP contribution >= 0.6 is 11.3 Å². The molecule has 5 rings (SSSR count). The Kier molecular flexibility index (Phi) is 4.83. The molecular weight excluding hydrogens is 418 g/mol. The average molecular weight is 440 g/mol. The molecule has 0 bridgehead atoms. The predicted molar refractivity (Wildman–Crippen MR) is 118 cm³/mol. The van der Waals surface area contributed by atoms with E-state index in [1.165, 1.54) is 15.6 Å². The molecule has 2 aromatic carbocycles. The Labute approximate surface area is 179 Å². The van der Waals surface area contributed by atoms with Crippen molar-refractivity contribution in [3.05, 3.63) is 59.5 Å². The van der Waals surface area contributed by atoms with Gasteiger partial charge in [-0.05, 0) is 49.1 Å². The number of anilines is 2. The van der Waals surface area contributed by atoms with Crippen LogP contribution in [0.5, 0.6) is 0 Å². The number of benzene rings is 2. The van der Waals surface area contributed by atoms with Crippen molar-refractivity contribution in [2.75, 3.05) is 16.2 Å². The van der Waals surface area contributed by atoms with Crippen LogP contribution in [0.25, 0.3) is 11.3 Å². The number of aromatic nitrogens is 1. The fourth-order valence-electron chi connectivity index (χ4n) is 3.84. The largest absolute Gasteiger partial charge is 0.302 e. The third kappa shape index (κ3) is 3.40. The number of carbonyl (C=O) groups is 1. The van der Waals surface area contributed by atoms with Crippen LogP contribution in [-0.2, 0) is 21.2 Å². The van der Waals surface area contributed by atoms with E-state index >= 15 is 0 Å². The number of rotatable bonds is 5. The van der Waals surface area contributed by atoms with Gasteiger partial charge in [-0.2, -0.15) is 0 Å². The maximum atomic E-state index is 13.0. The minimum Gasteiger partial charge on any atom is -0.302 e. The molecule has 154 valence electrons. The van der Waals surface area contributed by atoms with Crippen molar-refractivity contribution in [2.24, 2.45) is 5.92 Å². The first kappa shape index (κ1) is 19.3. The van der Waals surface area contributed by atoms with Crippen LogP contribution in [0.3, 0.4) is 0 Å². The number of amides is 1. The number of hydrogen-bond acceptors (Lipinski definition) is 5. The maximum absolute atomic E-state index is 13.0. The molecule has 0 radical (unpaired) electrons. The first-order valence-electron chi connectivity index (χ1n) is 10.00. The Hall–Kier alpha value is -2.71. The van der Waals surface area contributed by atoms with E-state index in [1.807, 2.05) is 23.6 Å². The summed E-state index contributed by atoms with van der Waals surface area (Å²) in [6.45, 7) is 0.426. The highest BCUT2D eigenvalue weighted by Gasteiger charge is 2.31. The Bertz CT molecular complexity index is 1200. The summed E-state index contributed by atoms with van der Waals surface area (Å²) in [5, 5.41) is 5.44. The van der Waals surface area contributed by atoms with E-state index in [0.29, 0.717) is 23.0 Å². The van der Waals surface area contributed by atoms with Gasteiger partial charge in [0, 0.05) is 23.4 Å². The van der Waals surface area contributed by atoms with Gasteiger partial charge in [-0.15, -0.1) is 11.3 Å². The van der Waals surface area contributed by atoms with Gasteiger partial charge in [0.15, 0.2) is 5.13 Å². The number of fused-ring (bicyclic) bond motifs is 1. The van der Waals surface area contributed by atoms with Gasteiger partial charge in [0.1, 0.15) is 0 Å². The smallest absolute Gasteiger partial charge is 0.264 e. The molecule has 0 unspecified atom stereocenters. The van der Waals surface area contributed by atoms with Crippen LogP contribution in [-0.4, -0.2) is 25.9 Å². The van der Waals surface area contributed by atoms with Crippen molar-refractivity contribution < 1.29 is 13.2 Å². The molecule has 2 heterocycles. The molecule has 2 aliphatic rings. The highest BCUT2D eigenvalue weighted by atomic mass is 32.2. The van der Waals surface area contributed by atoms with Gasteiger partial charge in [0.05, 0.1) is 16.3 Å². The Morgan fingerprint density at radius 2 is 1.93 bits per heavy atom. The normalized spacial score (nSPS) is 16.2. The quantitative estimate of drug-likeness (QED) is 0.643. The Morgan fingerprint density at radius 1 is 1.13 bits per heavy atom. The Balaban J connectivity index is 1.37. The maximum Gasteiger partial charge on any atom is 0.264 e. The van der Waals surface area contributed by atoms with E-state index in [2.05, 4.69) is 10.3 Å². The zero-order chi connectivity index (χ0) is 20.7. The first-order valence-corrected chi connectivity index (χ1v) is 12.3. The molecule has 1 amide bonds. The predicted octanol–water partition coefficient (Wildman–Crippen LogP) is 4.30. The molecule has 8 heteroatoms. The summed E-state index contributed by atoms with van der Waals surface area (Å²) in [5.41, 5.74) is 3.42. The minimum absolute atomic E-state index is 0.0536. The Morgan fingerprint density at radius 3 is 2.67 bits per heavy atom. The lowest BCUT2D eigenvalue weighted by Gasteiger charge is -2.23. The fourth-order valence-corrected chi connectivity index (χ4v) is 6.09. The molecule has 1 aliphatic heterocycles. The summed E-state index contributed by atoms with van der Waals surface area (Å²) in [6, 6.07) is 14.3. The van der Waals surface area contributed by atoms with E-state index in [0.717, 1.165) is 41.8 Å². The molecule has 1 saturated carbocycles. The zero-order valence-electron chi connectivity index (χ0n) is 16.2. The highest BCUT2D eigenvalue weighted by molar-refractivity contribution is 7.92. The molecule has 1 aromatic heterocycles. The summed E-state index contributed by atoms with van der Waals surface area (Å²) in [5.74, 6) is 0.174. The van der Waals surface area contributed by atoms with Gasteiger partial charge >= 0.3 is 0 Å². The summed E-state index contributed by atoms with van der Waals surface area (Å²) in [7, 11) is -3.57. The second-order valence-corrected chi connectivity index (χ2v) is 10.4. The SMILES string of the molecule is O=C(Nc1nc(-c2ccc3c(c2)CCN3S(=O)(=O)c2ccccc2)cs1)C1CCC1. The second kappa shape index (κ2) is 7.52. The zero-order valence-corrected chi connectivity index (χ0v) is 17.9. The fraction of sp³-hybridized carbons (Fsp3) is 0.273. The second-order valence-electron chi connectivity index (χ2n) is 7.64. The first-order chi connectivity index (χ1) is 14.5. The number of sulfonamides is 1. The van der Waals surface area contributed by atoms with Gasteiger partial charge in [0.2, 0.25) is 5.91 Å². The summed E-state index contributed by atoms with van der Waals surface area (Å²) >= 11 is 1.41. The van der Waals surface area contributed by atoms with Crippen molar-refractivity contribution in [1.82, 2.24) is 4.98 Å². The number of nitrogens with zero attached hydrogens (tertiary/aromatic N) is 2. The molecule has 0 atom stereocenters. The van der Waals surface area contributed by atoms with Gasteiger partial charge in [-0.1, -0.05) is 30.7 Å². The third-order valence-corrected chi connectivity index (χ3v) is 8.35.